The van der Waals surface area contributed by atoms with Crippen LogP contribution < -0.4 is 19.7 Å². The van der Waals surface area contributed by atoms with Crippen molar-refractivity contribution in [3.8, 4) is 11.5 Å². The van der Waals surface area contributed by atoms with Crippen LogP contribution in [0.2, 0.25) is 0 Å². The molecule has 1 atom stereocenters. The highest BCUT2D eigenvalue weighted by molar-refractivity contribution is 5.52. The minimum Gasteiger partial charge on any atom is -0.497 e. The summed E-state index contributed by atoms with van der Waals surface area (Å²) in [6.45, 7) is 1.96. The molecule has 0 aliphatic carbocycles. The molecule has 0 amide bonds. The Morgan fingerprint density at radius 2 is 1.48 bits per heavy atom. The average Bonchev–Trinajstić information content (AvgIpc) is 3.04. The summed E-state index contributed by atoms with van der Waals surface area (Å²) >= 11 is 0. The third-order valence-electron chi connectivity index (χ3n) is 3.84. The molecule has 1 aliphatic rings. The highest BCUT2D eigenvalue weighted by Crippen LogP contribution is 2.30. The largest absolute Gasteiger partial charge is 0.497 e. The Balaban J connectivity index is 1.83. The van der Waals surface area contributed by atoms with E-state index in [1.54, 1.807) is 14.2 Å². The molecule has 0 spiro atoms. The summed E-state index contributed by atoms with van der Waals surface area (Å²) < 4.78 is 10.4. The first-order valence-corrected chi connectivity index (χ1v) is 7.10. The maximum Gasteiger partial charge on any atom is 0.119 e. The van der Waals surface area contributed by atoms with Gasteiger partial charge in [0.1, 0.15) is 17.7 Å². The van der Waals surface area contributed by atoms with Crippen LogP contribution in [0.4, 0.5) is 5.69 Å². The van der Waals surface area contributed by atoms with Crippen molar-refractivity contribution in [2.45, 2.75) is 6.17 Å². The average molecular weight is 284 g/mol. The monoisotopic (exact) mass is 284 g/mol. The van der Waals surface area contributed by atoms with Crippen molar-refractivity contribution in [2.75, 3.05) is 32.2 Å². The lowest BCUT2D eigenvalue weighted by Crippen LogP contribution is -2.27. The predicted molar refractivity (Wildman–Crippen MR) is 84.1 cm³/mol. The Bertz CT molecular complexity index is 527. The van der Waals surface area contributed by atoms with Gasteiger partial charge in [0.2, 0.25) is 0 Å². The number of anilines is 1. The standard InChI is InChI=1S/C17H20N2O2/c1-20-15-7-3-13(4-8-15)17-18-11-12-19(17)14-5-9-16(21-2)10-6-14/h3-10,17-18H,11-12H2,1-2H3. The fourth-order valence-electron chi connectivity index (χ4n) is 2.70. The van der Waals surface area contributed by atoms with E-state index in [1.807, 2.05) is 24.3 Å². The van der Waals surface area contributed by atoms with Gasteiger partial charge in [-0.05, 0) is 42.0 Å². The summed E-state index contributed by atoms with van der Waals surface area (Å²) in [5, 5.41) is 3.54. The van der Waals surface area contributed by atoms with Crippen molar-refractivity contribution in [3.05, 3.63) is 54.1 Å². The summed E-state index contributed by atoms with van der Waals surface area (Å²) in [4.78, 5) is 2.36. The minimum atomic E-state index is 0.198. The molecule has 3 rings (SSSR count). The Morgan fingerprint density at radius 1 is 0.905 bits per heavy atom. The smallest absolute Gasteiger partial charge is 0.119 e. The van der Waals surface area contributed by atoms with Crippen LogP contribution in [0.15, 0.2) is 48.5 Å². The fourth-order valence-corrected chi connectivity index (χ4v) is 2.70. The third kappa shape index (κ3) is 2.81. The molecule has 0 radical (unpaired) electrons. The van der Waals surface area contributed by atoms with Crippen molar-refractivity contribution in [3.63, 3.8) is 0 Å². The first-order valence-electron chi connectivity index (χ1n) is 7.10. The lowest BCUT2D eigenvalue weighted by atomic mass is 10.1. The number of methoxy groups -OCH3 is 2. The lowest BCUT2D eigenvalue weighted by molar-refractivity contribution is 0.414. The molecule has 0 bridgehead atoms. The molecular weight excluding hydrogens is 264 g/mol. The number of benzene rings is 2. The summed E-state index contributed by atoms with van der Waals surface area (Å²) in [6.07, 6.45) is 0.198. The Morgan fingerprint density at radius 3 is 2.05 bits per heavy atom. The second kappa shape index (κ2) is 6.06. The van der Waals surface area contributed by atoms with E-state index in [0.717, 1.165) is 24.6 Å². The summed E-state index contributed by atoms with van der Waals surface area (Å²) in [5.74, 6) is 1.76. The fraction of sp³-hybridized carbons (Fsp3) is 0.294. The van der Waals surface area contributed by atoms with E-state index in [9.17, 15) is 0 Å². The third-order valence-corrected chi connectivity index (χ3v) is 3.84. The van der Waals surface area contributed by atoms with Crippen LogP contribution in [0.5, 0.6) is 11.5 Å². The molecule has 1 N–H and O–H groups in total. The predicted octanol–water partition coefficient (Wildman–Crippen LogP) is 2.81. The van der Waals surface area contributed by atoms with Gasteiger partial charge in [0.25, 0.3) is 0 Å². The normalized spacial score (nSPS) is 17.8. The quantitative estimate of drug-likeness (QED) is 0.936. The number of nitrogens with one attached hydrogen (secondary N) is 1. The molecule has 1 aliphatic heterocycles. The van der Waals surface area contributed by atoms with E-state index in [4.69, 9.17) is 9.47 Å². The molecule has 21 heavy (non-hydrogen) atoms. The molecule has 2 aromatic rings. The zero-order valence-corrected chi connectivity index (χ0v) is 12.4. The maximum atomic E-state index is 5.22. The molecule has 1 fully saturated rings. The first kappa shape index (κ1) is 13.8. The van der Waals surface area contributed by atoms with Gasteiger partial charge in [0, 0.05) is 18.8 Å². The van der Waals surface area contributed by atoms with Gasteiger partial charge >= 0.3 is 0 Å². The van der Waals surface area contributed by atoms with Gasteiger partial charge in [0.15, 0.2) is 0 Å². The van der Waals surface area contributed by atoms with Gasteiger partial charge < -0.3 is 14.4 Å². The van der Waals surface area contributed by atoms with E-state index in [-0.39, 0.29) is 6.17 Å². The Hall–Kier alpha value is -2.20. The van der Waals surface area contributed by atoms with Crippen LogP contribution in [-0.2, 0) is 0 Å². The zero-order valence-electron chi connectivity index (χ0n) is 12.4. The second-order valence-electron chi connectivity index (χ2n) is 5.02. The molecule has 4 nitrogen and oxygen atoms in total. The number of nitrogens with zero attached hydrogens (tertiary/aromatic N) is 1. The maximum absolute atomic E-state index is 5.22. The minimum absolute atomic E-state index is 0.198. The van der Waals surface area contributed by atoms with Gasteiger partial charge in [-0.25, -0.2) is 0 Å². The zero-order chi connectivity index (χ0) is 14.7. The van der Waals surface area contributed by atoms with Crippen LogP contribution in [0.1, 0.15) is 11.7 Å². The van der Waals surface area contributed by atoms with Crippen LogP contribution in [-0.4, -0.2) is 27.3 Å². The molecule has 0 aromatic heterocycles. The van der Waals surface area contributed by atoms with Crippen LogP contribution in [0.3, 0.4) is 0 Å². The van der Waals surface area contributed by atoms with Gasteiger partial charge in [-0.15, -0.1) is 0 Å². The molecule has 1 saturated heterocycles. The molecular formula is C17H20N2O2. The number of rotatable bonds is 4. The molecule has 4 heteroatoms. The summed E-state index contributed by atoms with van der Waals surface area (Å²) in [7, 11) is 3.37. The van der Waals surface area contributed by atoms with E-state index in [2.05, 4.69) is 34.5 Å². The summed E-state index contributed by atoms with van der Waals surface area (Å²) in [5.41, 5.74) is 2.44. The van der Waals surface area contributed by atoms with Gasteiger partial charge in [-0.2, -0.15) is 0 Å². The topological polar surface area (TPSA) is 33.7 Å². The van der Waals surface area contributed by atoms with E-state index >= 15 is 0 Å². The van der Waals surface area contributed by atoms with Crippen LogP contribution in [0, 0.1) is 0 Å². The SMILES string of the molecule is COc1ccc(C2NCCN2c2ccc(OC)cc2)cc1. The lowest BCUT2D eigenvalue weighted by Gasteiger charge is -2.27. The molecule has 110 valence electrons. The van der Waals surface area contributed by atoms with Crippen molar-refractivity contribution in [1.82, 2.24) is 5.32 Å². The van der Waals surface area contributed by atoms with Crippen molar-refractivity contribution in [1.29, 1.82) is 0 Å². The number of ether oxygens (including phenoxy) is 2. The van der Waals surface area contributed by atoms with Crippen LogP contribution >= 0.6 is 0 Å². The highest BCUT2D eigenvalue weighted by atomic mass is 16.5. The van der Waals surface area contributed by atoms with E-state index < -0.39 is 0 Å². The van der Waals surface area contributed by atoms with Crippen molar-refractivity contribution < 1.29 is 9.47 Å². The molecule has 2 aromatic carbocycles. The number of hydrogen-bond donors (Lipinski definition) is 1. The second-order valence-corrected chi connectivity index (χ2v) is 5.02. The van der Waals surface area contributed by atoms with Crippen molar-refractivity contribution in [2.24, 2.45) is 0 Å². The van der Waals surface area contributed by atoms with Gasteiger partial charge in [0.05, 0.1) is 14.2 Å². The van der Waals surface area contributed by atoms with Crippen LogP contribution in [0.25, 0.3) is 0 Å². The van der Waals surface area contributed by atoms with Gasteiger partial charge in [-0.3, -0.25) is 5.32 Å². The molecule has 0 saturated carbocycles. The van der Waals surface area contributed by atoms with Gasteiger partial charge in [-0.1, -0.05) is 12.1 Å². The summed E-state index contributed by atoms with van der Waals surface area (Å²) in [6, 6.07) is 16.4. The van der Waals surface area contributed by atoms with Crippen molar-refractivity contribution >= 4 is 5.69 Å². The van der Waals surface area contributed by atoms with E-state index in [1.165, 1.54) is 11.3 Å². The number of hydrogen-bond acceptors (Lipinski definition) is 4. The first-order chi connectivity index (χ1) is 10.3. The van der Waals surface area contributed by atoms with E-state index in [0.29, 0.717) is 0 Å². The Labute approximate surface area is 125 Å². The Kier molecular flexibility index (Phi) is 3.97. The molecule has 1 unspecified atom stereocenters. The molecule has 1 heterocycles. The highest BCUT2D eigenvalue weighted by Gasteiger charge is 2.25.